The van der Waals surface area contributed by atoms with Crippen LogP contribution in [0.25, 0.3) is 0 Å². The highest BCUT2D eigenvalue weighted by atomic mass is 16.5. The zero-order chi connectivity index (χ0) is 17.2. The topological polar surface area (TPSA) is 64.6 Å². The van der Waals surface area contributed by atoms with Crippen LogP contribution in [0.3, 0.4) is 0 Å². The van der Waals surface area contributed by atoms with E-state index in [1.54, 1.807) is 0 Å². The number of rotatable bonds is 8. The lowest BCUT2D eigenvalue weighted by atomic mass is 10.1. The van der Waals surface area contributed by atoms with E-state index in [2.05, 4.69) is 5.32 Å². The summed E-state index contributed by atoms with van der Waals surface area (Å²) in [6, 6.07) is 18.3. The number of carbonyl (C=O) groups is 2. The zero-order valence-electron chi connectivity index (χ0n) is 13.6. The molecule has 5 heteroatoms. The molecule has 2 aromatic carbocycles. The SMILES string of the molecule is COC(=O)[C@H](Cc1ccccc1)NC(=O)COCc1ccccc1. The molecule has 1 amide bonds. The molecule has 2 aromatic rings. The van der Waals surface area contributed by atoms with Crippen LogP contribution in [-0.4, -0.2) is 31.6 Å². The Kier molecular flexibility index (Phi) is 6.98. The summed E-state index contributed by atoms with van der Waals surface area (Å²) < 4.78 is 10.1. The average Bonchev–Trinajstić information content (AvgIpc) is 2.62. The van der Waals surface area contributed by atoms with Crippen LogP contribution in [0.15, 0.2) is 60.7 Å². The Hall–Kier alpha value is -2.66. The first kappa shape index (κ1) is 17.7. The molecule has 0 heterocycles. The molecule has 24 heavy (non-hydrogen) atoms. The van der Waals surface area contributed by atoms with E-state index in [1.165, 1.54) is 7.11 Å². The molecule has 126 valence electrons. The summed E-state index contributed by atoms with van der Waals surface area (Å²) >= 11 is 0. The number of carbonyl (C=O) groups excluding carboxylic acids is 2. The molecule has 0 saturated heterocycles. The van der Waals surface area contributed by atoms with E-state index < -0.39 is 12.0 Å². The molecule has 0 radical (unpaired) electrons. The van der Waals surface area contributed by atoms with Crippen LogP contribution < -0.4 is 5.32 Å². The van der Waals surface area contributed by atoms with E-state index in [0.29, 0.717) is 13.0 Å². The highest BCUT2D eigenvalue weighted by Crippen LogP contribution is 2.05. The minimum atomic E-state index is -0.731. The van der Waals surface area contributed by atoms with Gasteiger partial charge in [-0.1, -0.05) is 60.7 Å². The minimum Gasteiger partial charge on any atom is -0.467 e. The standard InChI is InChI=1S/C19H21NO4/c1-23-19(22)17(12-15-8-4-2-5-9-15)20-18(21)14-24-13-16-10-6-3-7-11-16/h2-11,17H,12-14H2,1H3,(H,20,21)/t17-/m0/s1. The lowest BCUT2D eigenvalue weighted by Gasteiger charge is -2.16. The van der Waals surface area contributed by atoms with Gasteiger partial charge in [-0.25, -0.2) is 4.79 Å². The molecule has 0 aromatic heterocycles. The quantitative estimate of drug-likeness (QED) is 0.754. The van der Waals surface area contributed by atoms with Gasteiger partial charge in [0.05, 0.1) is 13.7 Å². The third-order valence-electron chi connectivity index (χ3n) is 3.45. The van der Waals surface area contributed by atoms with Crippen molar-refractivity contribution in [2.24, 2.45) is 0 Å². The molecule has 1 atom stereocenters. The number of methoxy groups -OCH3 is 1. The fraction of sp³-hybridized carbons (Fsp3) is 0.263. The number of hydrogen-bond donors (Lipinski definition) is 1. The summed E-state index contributed by atoms with van der Waals surface area (Å²) in [5.41, 5.74) is 1.93. The van der Waals surface area contributed by atoms with Crippen LogP contribution >= 0.6 is 0 Å². The monoisotopic (exact) mass is 327 g/mol. The van der Waals surface area contributed by atoms with E-state index in [1.807, 2.05) is 60.7 Å². The van der Waals surface area contributed by atoms with Crippen LogP contribution in [-0.2, 0) is 32.1 Å². The second kappa shape index (κ2) is 9.47. The number of benzene rings is 2. The van der Waals surface area contributed by atoms with Crippen molar-refractivity contribution in [3.8, 4) is 0 Å². The highest BCUT2D eigenvalue weighted by Gasteiger charge is 2.21. The fourth-order valence-electron chi connectivity index (χ4n) is 2.26. The molecule has 0 aliphatic heterocycles. The van der Waals surface area contributed by atoms with E-state index in [9.17, 15) is 9.59 Å². The Labute approximate surface area is 141 Å². The molecule has 0 spiro atoms. The molecular formula is C19H21NO4. The first-order valence-corrected chi connectivity index (χ1v) is 7.72. The molecule has 1 N–H and O–H groups in total. The molecule has 0 unspecified atom stereocenters. The van der Waals surface area contributed by atoms with E-state index >= 15 is 0 Å². The first-order valence-electron chi connectivity index (χ1n) is 7.72. The fourth-order valence-corrected chi connectivity index (χ4v) is 2.26. The Balaban J connectivity index is 1.84. The molecule has 0 aliphatic rings. The zero-order valence-corrected chi connectivity index (χ0v) is 13.6. The lowest BCUT2D eigenvalue weighted by molar-refractivity contribution is -0.145. The first-order chi connectivity index (χ1) is 11.7. The van der Waals surface area contributed by atoms with Crippen molar-refractivity contribution in [3.05, 3.63) is 71.8 Å². The van der Waals surface area contributed by atoms with Gasteiger partial charge in [0.25, 0.3) is 0 Å². The van der Waals surface area contributed by atoms with E-state index in [4.69, 9.17) is 9.47 Å². The second-order valence-corrected chi connectivity index (χ2v) is 5.31. The van der Waals surface area contributed by atoms with Gasteiger partial charge >= 0.3 is 5.97 Å². The molecule has 0 aliphatic carbocycles. The van der Waals surface area contributed by atoms with Gasteiger partial charge in [-0.2, -0.15) is 0 Å². The second-order valence-electron chi connectivity index (χ2n) is 5.31. The van der Waals surface area contributed by atoms with Crippen molar-refractivity contribution in [2.75, 3.05) is 13.7 Å². The molecule has 0 fully saturated rings. The molecular weight excluding hydrogens is 306 g/mol. The van der Waals surface area contributed by atoms with Crippen molar-refractivity contribution in [3.63, 3.8) is 0 Å². The van der Waals surface area contributed by atoms with Crippen molar-refractivity contribution >= 4 is 11.9 Å². The number of amides is 1. The van der Waals surface area contributed by atoms with Crippen LogP contribution in [0, 0.1) is 0 Å². The minimum absolute atomic E-state index is 0.114. The average molecular weight is 327 g/mol. The van der Waals surface area contributed by atoms with E-state index in [-0.39, 0.29) is 12.5 Å². The van der Waals surface area contributed by atoms with E-state index in [0.717, 1.165) is 11.1 Å². The molecule has 0 bridgehead atoms. The normalized spacial score (nSPS) is 11.5. The van der Waals surface area contributed by atoms with Gasteiger partial charge in [-0.15, -0.1) is 0 Å². The van der Waals surface area contributed by atoms with Crippen molar-refractivity contribution in [1.29, 1.82) is 0 Å². The Bertz CT molecular complexity index is 643. The Morgan fingerprint density at radius 2 is 1.54 bits per heavy atom. The summed E-state index contributed by atoms with van der Waals surface area (Å²) in [5.74, 6) is -0.826. The highest BCUT2D eigenvalue weighted by molar-refractivity contribution is 5.85. The number of hydrogen-bond acceptors (Lipinski definition) is 4. The van der Waals surface area contributed by atoms with Crippen LogP contribution in [0.2, 0.25) is 0 Å². The van der Waals surface area contributed by atoms with Gasteiger partial charge in [0.15, 0.2) is 0 Å². The Morgan fingerprint density at radius 1 is 0.958 bits per heavy atom. The predicted octanol–water partition coefficient (Wildman–Crippen LogP) is 2.10. The lowest BCUT2D eigenvalue weighted by Crippen LogP contribution is -2.44. The summed E-state index contributed by atoms with van der Waals surface area (Å²) in [6.07, 6.45) is 0.373. The summed E-state index contributed by atoms with van der Waals surface area (Å²) in [5, 5.41) is 2.66. The van der Waals surface area contributed by atoms with Crippen molar-refractivity contribution in [1.82, 2.24) is 5.32 Å². The maximum Gasteiger partial charge on any atom is 0.328 e. The predicted molar refractivity (Wildman–Crippen MR) is 90.2 cm³/mol. The van der Waals surface area contributed by atoms with Gasteiger partial charge in [-0.05, 0) is 11.1 Å². The van der Waals surface area contributed by atoms with Gasteiger partial charge in [0.1, 0.15) is 12.6 Å². The maximum atomic E-state index is 12.0. The molecule has 2 rings (SSSR count). The van der Waals surface area contributed by atoms with Gasteiger partial charge in [0.2, 0.25) is 5.91 Å². The largest absolute Gasteiger partial charge is 0.467 e. The third kappa shape index (κ3) is 5.85. The number of nitrogens with one attached hydrogen (secondary N) is 1. The summed E-state index contributed by atoms with van der Waals surface area (Å²) in [7, 11) is 1.30. The van der Waals surface area contributed by atoms with Crippen molar-refractivity contribution in [2.45, 2.75) is 19.1 Å². The van der Waals surface area contributed by atoms with Gasteiger partial charge < -0.3 is 14.8 Å². The van der Waals surface area contributed by atoms with Crippen LogP contribution in [0.1, 0.15) is 11.1 Å². The molecule has 0 saturated carbocycles. The third-order valence-corrected chi connectivity index (χ3v) is 3.45. The van der Waals surface area contributed by atoms with Gasteiger partial charge in [-0.3, -0.25) is 4.79 Å². The maximum absolute atomic E-state index is 12.0. The Morgan fingerprint density at radius 3 is 2.12 bits per heavy atom. The van der Waals surface area contributed by atoms with Gasteiger partial charge in [0, 0.05) is 6.42 Å². The smallest absolute Gasteiger partial charge is 0.328 e. The summed E-state index contributed by atoms with van der Waals surface area (Å²) in [4.78, 5) is 23.9. The van der Waals surface area contributed by atoms with Crippen LogP contribution in [0.5, 0.6) is 0 Å². The number of ether oxygens (including phenoxy) is 2. The number of esters is 1. The van der Waals surface area contributed by atoms with Crippen molar-refractivity contribution < 1.29 is 19.1 Å². The molecule has 5 nitrogen and oxygen atoms in total. The summed E-state index contributed by atoms with van der Waals surface area (Å²) in [6.45, 7) is 0.229. The van der Waals surface area contributed by atoms with Crippen LogP contribution in [0.4, 0.5) is 0 Å².